The monoisotopic (exact) mass is 618 g/mol. The first kappa shape index (κ1) is 34.1. The molecule has 0 bridgehead atoms. The topological polar surface area (TPSA) is 170 Å². The number of rotatable bonds is 13. The van der Waals surface area contributed by atoms with Crippen LogP contribution in [0.5, 0.6) is 0 Å². The summed E-state index contributed by atoms with van der Waals surface area (Å²) in [6.45, 7) is 3.94. The Morgan fingerprint density at radius 1 is 1.12 bits per heavy atom. The van der Waals surface area contributed by atoms with E-state index in [4.69, 9.17) is 30.5 Å². The fraction of sp³-hybridized carbons (Fsp3) is 0.727. The molecule has 1 fully saturated rings. The summed E-state index contributed by atoms with van der Waals surface area (Å²) in [6, 6.07) is -1.48. The molecule has 1 aliphatic rings. The molecule has 1 saturated heterocycles. The summed E-state index contributed by atoms with van der Waals surface area (Å²) >= 11 is 5.49. The predicted molar refractivity (Wildman–Crippen MR) is 139 cm³/mol. The Balaban J connectivity index is 2.39. The van der Waals surface area contributed by atoms with Gasteiger partial charge in [0, 0.05) is 12.3 Å². The molecule has 0 unspecified atom stereocenters. The minimum atomic E-state index is -3.86. The molecule has 0 amide bonds. The highest BCUT2D eigenvalue weighted by atomic mass is 32.4. The first-order valence-corrected chi connectivity index (χ1v) is 14.9. The Bertz CT molecular complexity index is 1180. The molecule has 0 aromatic carbocycles. The van der Waals surface area contributed by atoms with Gasteiger partial charge in [0.15, 0.2) is 24.6 Å². The zero-order valence-corrected chi connectivity index (χ0v) is 24.3. The lowest BCUT2D eigenvalue weighted by atomic mass is 9.98. The number of nitrogens with one attached hydrogen (secondary N) is 3. The Morgan fingerprint density at radius 3 is 2.05 bits per heavy atom. The zero-order valence-electron chi connectivity index (χ0n) is 22.6. The molecular weight excluding hydrogens is 584 g/mol. The number of nitrogens with zero attached hydrogens (tertiary/aromatic N) is 1. The lowest BCUT2D eigenvalue weighted by molar-refractivity contribution is -0.182. The van der Waals surface area contributed by atoms with Gasteiger partial charge in [-0.1, -0.05) is 0 Å². The maximum absolute atomic E-state index is 15.3. The normalized spacial score (nSPS) is 24.9. The molecule has 0 spiro atoms. The van der Waals surface area contributed by atoms with Crippen LogP contribution in [0.2, 0.25) is 0 Å². The van der Waals surface area contributed by atoms with Gasteiger partial charge < -0.3 is 23.8 Å². The van der Waals surface area contributed by atoms with Crippen LogP contribution in [-0.2, 0) is 40.1 Å². The van der Waals surface area contributed by atoms with Gasteiger partial charge in [-0.05, 0) is 53.3 Å². The number of carbonyl (C=O) groups is 2. The van der Waals surface area contributed by atoms with Crippen molar-refractivity contribution in [3.05, 3.63) is 33.1 Å². The van der Waals surface area contributed by atoms with E-state index in [-0.39, 0.29) is 0 Å². The highest BCUT2D eigenvalue weighted by Crippen LogP contribution is 2.47. The van der Waals surface area contributed by atoms with Gasteiger partial charge in [-0.2, -0.15) is 0 Å². The third-order valence-electron chi connectivity index (χ3n) is 5.50. The van der Waals surface area contributed by atoms with Gasteiger partial charge in [0.1, 0.15) is 18.2 Å². The Hall–Kier alpha value is -2.14. The van der Waals surface area contributed by atoms with Crippen LogP contribution in [0.1, 0.15) is 47.8 Å². The summed E-state index contributed by atoms with van der Waals surface area (Å²) in [5, 5.41) is 15.7. The number of hydrogen-bond acceptors (Lipinski definition) is 10. The highest BCUT2D eigenvalue weighted by molar-refractivity contribution is 8.10. The van der Waals surface area contributed by atoms with Gasteiger partial charge in [0.05, 0.1) is 18.8 Å². The number of carbonyl (C=O) groups excluding carboxylic acids is 2. The number of aliphatic hydroxyl groups is 1. The van der Waals surface area contributed by atoms with Gasteiger partial charge in [-0.3, -0.25) is 23.9 Å². The number of esters is 2. The van der Waals surface area contributed by atoms with Crippen molar-refractivity contribution in [2.45, 2.75) is 96.4 Å². The van der Waals surface area contributed by atoms with Crippen LogP contribution in [0, 0.1) is 0 Å². The van der Waals surface area contributed by atoms with Crippen LogP contribution < -0.4 is 21.4 Å². The van der Waals surface area contributed by atoms with Gasteiger partial charge in [0.2, 0.25) is 0 Å². The average Bonchev–Trinajstić information content (AvgIpc) is 3.08. The minimum absolute atomic E-state index is 0.500. The summed E-state index contributed by atoms with van der Waals surface area (Å²) in [6.07, 6.45) is -10.8. The van der Waals surface area contributed by atoms with Crippen molar-refractivity contribution in [2.24, 2.45) is 0 Å². The van der Waals surface area contributed by atoms with Gasteiger partial charge >= 0.3 is 17.6 Å². The zero-order chi connectivity index (χ0) is 30.6. The van der Waals surface area contributed by atoms with Crippen molar-refractivity contribution < 1.29 is 46.6 Å². The standard InChI is InChI=1S/C22H34F3N4O9PS/c1-10(2)36-18(32)12(5)27-39(40,28-13(6)19(33)37-11(3)4)35-9-22(20(24)25)16(23)15(31)17(38-22)29-8-7-14(30)26-21(29)34/h7-8,10-13,15-17,20,31H,9H2,1-6H3,(H,26,30,34)(H2,27,28,40)/t12-,13-,15+,16-,17+,22+/m0/s1. The van der Waals surface area contributed by atoms with Crippen molar-refractivity contribution in [1.82, 2.24) is 19.7 Å². The lowest BCUT2D eigenvalue weighted by Crippen LogP contribution is -2.52. The number of aliphatic hydroxyl groups excluding tert-OH is 1. The van der Waals surface area contributed by atoms with Crippen LogP contribution in [0.3, 0.4) is 0 Å². The van der Waals surface area contributed by atoms with E-state index in [2.05, 4.69) is 10.2 Å². The maximum atomic E-state index is 15.3. The second-order valence-electron chi connectivity index (χ2n) is 9.67. The molecule has 18 heteroatoms. The minimum Gasteiger partial charge on any atom is -0.462 e. The first-order valence-electron chi connectivity index (χ1n) is 12.2. The van der Waals surface area contributed by atoms with Crippen molar-refractivity contribution in [3.8, 4) is 0 Å². The van der Waals surface area contributed by atoms with Crippen molar-refractivity contribution in [2.75, 3.05) is 6.61 Å². The molecule has 0 saturated carbocycles. The molecule has 0 aliphatic carbocycles. The van der Waals surface area contributed by atoms with E-state index >= 15 is 4.39 Å². The summed E-state index contributed by atoms with van der Waals surface area (Å²) in [4.78, 5) is 50.2. The quantitative estimate of drug-likeness (QED) is 0.182. The number of alkyl halides is 3. The van der Waals surface area contributed by atoms with E-state index in [1.54, 1.807) is 27.7 Å². The van der Waals surface area contributed by atoms with Crippen LogP contribution in [-0.4, -0.2) is 81.8 Å². The number of hydrogen-bond donors (Lipinski definition) is 4. The van der Waals surface area contributed by atoms with Crippen LogP contribution in [0.25, 0.3) is 0 Å². The highest BCUT2D eigenvalue weighted by Gasteiger charge is 2.62. The first-order chi connectivity index (χ1) is 18.4. The van der Waals surface area contributed by atoms with Crippen LogP contribution >= 0.6 is 6.57 Å². The number of aromatic amines is 1. The Labute approximate surface area is 232 Å². The summed E-state index contributed by atoms with van der Waals surface area (Å²) in [7, 11) is 0. The van der Waals surface area contributed by atoms with Crippen molar-refractivity contribution >= 4 is 30.3 Å². The average molecular weight is 619 g/mol. The SMILES string of the molecule is CC(C)OC(=O)[C@H](C)NP(=S)(N[C@@H](C)C(=O)OC(C)C)OC[C@@]1(C(F)F)O[C@@H](n2ccc(=O)[nH]c2=O)[C@H](O)[C@@H]1F. The van der Waals surface area contributed by atoms with Gasteiger partial charge in [-0.15, -0.1) is 0 Å². The maximum Gasteiger partial charge on any atom is 0.330 e. The molecule has 1 aromatic rings. The van der Waals surface area contributed by atoms with Gasteiger partial charge in [-0.25, -0.2) is 28.1 Å². The fourth-order valence-corrected chi connectivity index (χ4v) is 6.52. The molecule has 1 aromatic heterocycles. The van der Waals surface area contributed by atoms with E-state index in [1.807, 2.05) is 4.98 Å². The molecule has 40 heavy (non-hydrogen) atoms. The number of aromatic nitrogens is 2. The van der Waals surface area contributed by atoms with E-state index in [0.717, 1.165) is 12.3 Å². The molecular formula is C22H34F3N4O9PS. The van der Waals surface area contributed by atoms with E-state index < -0.39 is 91.2 Å². The van der Waals surface area contributed by atoms with Crippen molar-refractivity contribution in [3.63, 3.8) is 0 Å². The largest absolute Gasteiger partial charge is 0.462 e. The third kappa shape index (κ3) is 8.21. The molecule has 4 N–H and O–H groups in total. The number of ether oxygens (including phenoxy) is 3. The summed E-state index contributed by atoms with van der Waals surface area (Å²) in [5.41, 5.74) is -5.10. The molecule has 228 valence electrons. The lowest BCUT2D eigenvalue weighted by Gasteiger charge is -2.35. The van der Waals surface area contributed by atoms with Crippen LogP contribution in [0.15, 0.2) is 21.9 Å². The third-order valence-corrected chi connectivity index (χ3v) is 8.40. The number of halogens is 3. The van der Waals surface area contributed by atoms with E-state index in [9.17, 15) is 33.1 Å². The molecule has 6 atom stereocenters. The summed E-state index contributed by atoms with van der Waals surface area (Å²) in [5.74, 6) is -1.55. The summed E-state index contributed by atoms with van der Waals surface area (Å²) < 4.78 is 65.7. The smallest absolute Gasteiger partial charge is 0.330 e. The number of H-pyrrole nitrogens is 1. The second kappa shape index (κ2) is 13.7. The second-order valence-corrected chi connectivity index (χ2v) is 13.1. The molecule has 0 radical (unpaired) electrons. The molecule has 1 aliphatic heterocycles. The van der Waals surface area contributed by atoms with E-state index in [1.165, 1.54) is 13.8 Å². The van der Waals surface area contributed by atoms with Crippen molar-refractivity contribution in [1.29, 1.82) is 0 Å². The molecule has 13 nitrogen and oxygen atoms in total. The predicted octanol–water partition coefficient (Wildman–Crippen LogP) is 0.869. The fourth-order valence-electron chi connectivity index (χ4n) is 3.58. The molecule has 2 rings (SSSR count). The van der Waals surface area contributed by atoms with E-state index in [0.29, 0.717) is 4.57 Å². The molecule has 2 heterocycles. The Kier molecular flexibility index (Phi) is 11.7. The van der Waals surface area contributed by atoms with Crippen LogP contribution in [0.4, 0.5) is 13.2 Å². The van der Waals surface area contributed by atoms with Gasteiger partial charge in [0.25, 0.3) is 12.0 Å². The Morgan fingerprint density at radius 2 is 1.62 bits per heavy atom.